The van der Waals surface area contributed by atoms with Gasteiger partial charge in [-0.25, -0.2) is 0 Å². The SMILES string of the molecule is CCN(c1ccc(NC(=O)COC(=O)CNC(=O)COc2ccccc2)cc1)C(C)C. The molecule has 0 heterocycles. The number of nitrogens with zero attached hydrogens (tertiary/aromatic N) is 1. The van der Waals surface area contributed by atoms with Gasteiger partial charge >= 0.3 is 5.97 Å². The number of anilines is 2. The second-order valence-corrected chi connectivity index (χ2v) is 7.01. The molecule has 0 atom stereocenters. The van der Waals surface area contributed by atoms with Gasteiger partial charge in [-0.2, -0.15) is 0 Å². The van der Waals surface area contributed by atoms with Crippen molar-refractivity contribution < 1.29 is 23.9 Å². The number of rotatable bonds is 11. The number of ether oxygens (including phenoxy) is 2. The molecule has 166 valence electrons. The number of nitrogens with one attached hydrogen (secondary N) is 2. The Labute approximate surface area is 182 Å². The molecule has 2 aromatic carbocycles. The quantitative estimate of drug-likeness (QED) is 0.535. The molecule has 2 aromatic rings. The molecule has 0 fully saturated rings. The molecule has 2 amide bonds. The predicted molar refractivity (Wildman–Crippen MR) is 119 cm³/mol. The Morgan fingerprint density at radius 1 is 0.935 bits per heavy atom. The van der Waals surface area contributed by atoms with Crippen LogP contribution in [0.15, 0.2) is 54.6 Å². The first-order valence-electron chi connectivity index (χ1n) is 10.2. The molecule has 0 unspecified atom stereocenters. The molecule has 2 N–H and O–H groups in total. The monoisotopic (exact) mass is 427 g/mol. The van der Waals surface area contributed by atoms with Crippen molar-refractivity contribution in [3.8, 4) is 5.75 Å². The van der Waals surface area contributed by atoms with Gasteiger partial charge in [0, 0.05) is 24.0 Å². The first-order chi connectivity index (χ1) is 14.9. The molecule has 0 radical (unpaired) electrons. The van der Waals surface area contributed by atoms with Crippen molar-refractivity contribution >= 4 is 29.2 Å². The van der Waals surface area contributed by atoms with E-state index in [4.69, 9.17) is 9.47 Å². The van der Waals surface area contributed by atoms with Gasteiger partial charge < -0.3 is 25.0 Å². The summed E-state index contributed by atoms with van der Waals surface area (Å²) in [4.78, 5) is 37.7. The zero-order chi connectivity index (χ0) is 22.6. The summed E-state index contributed by atoms with van der Waals surface area (Å²) in [6, 6.07) is 16.7. The fourth-order valence-electron chi connectivity index (χ4n) is 2.86. The molecule has 0 aliphatic heterocycles. The highest BCUT2D eigenvalue weighted by Crippen LogP contribution is 2.19. The lowest BCUT2D eigenvalue weighted by Crippen LogP contribution is -2.35. The molecular formula is C23H29N3O5. The lowest BCUT2D eigenvalue weighted by molar-refractivity contribution is -0.147. The summed E-state index contributed by atoms with van der Waals surface area (Å²) in [5.41, 5.74) is 1.67. The Hall–Kier alpha value is -3.55. The van der Waals surface area contributed by atoms with Crippen LogP contribution in [0.3, 0.4) is 0 Å². The first-order valence-corrected chi connectivity index (χ1v) is 10.2. The third kappa shape index (κ3) is 8.38. The Morgan fingerprint density at radius 2 is 1.61 bits per heavy atom. The summed E-state index contributed by atoms with van der Waals surface area (Å²) in [6.45, 7) is 6.20. The van der Waals surface area contributed by atoms with Crippen LogP contribution in [0.5, 0.6) is 5.75 Å². The molecule has 0 saturated heterocycles. The number of carbonyl (C=O) groups is 3. The van der Waals surface area contributed by atoms with E-state index in [1.165, 1.54) is 0 Å². The fraction of sp³-hybridized carbons (Fsp3) is 0.348. The molecule has 0 spiro atoms. The van der Waals surface area contributed by atoms with Crippen molar-refractivity contribution in [3.05, 3.63) is 54.6 Å². The molecule has 0 saturated carbocycles. The van der Waals surface area contributed by atoms with Crippen LogP contribution in [-0.2, 0) is 19.1 Å². The number of carbonyl (C=O) groups excluding carboxylic acids is 3. The first kappa shape index (κ1) is 23.7. The smallest absolute Gasteiger partial charge is 0.325 e. The van der Waals surface area contributed by atoms with Crippen LogP contribution in [0.25, 0.3) is 0 Å². The lowest BCUT2D eigenvalue weighted by Gasteiger charge is -2.27. The third-order valence-corrected chi connectivity index (χ3v) is 4.35. The molecule has 8 nitrogen and oxygen atoms in total. The maximum absolute atomic E-state index is 12.0. The Morgan fingerprint density at radius 3 is 2.23 bits per heavy atom. The molecule has 8 heteroatoms. The van der Waals surface area contributed by atoms with E-state index < -0.39 is 24.4 Å². The Kier molecular flexibility index (Phi) is 9.35. The summed E-state index contributed by atoms with van der Waals surface area (Å²) in [5.74, 6) is -1.09. The van der Waals surface area contributed by atoms with Gasteiger partial charge in [0.15, 0.2) is 13.2 Å². The molecule has 0 aliphatic carbocycles. The van der Waals surface area contributed by atoms with E-state index in [0.717, 1.165) is 12.2 Å². The average Bonchev–Trinajstić information content (AvgIpc) is 2.77. The van der Waals surface area contributed by atoms with E-state index in [2.05, 4.69) is 36.3 Å². The predicted octanol–water partition coefficient (Wildman–Crippen LogP) is 2.60. The highest BCUT2D eigenvalue weighted by Gasteiger charge is 2.11. The van der Waals surface area contributed by atoms with Crippen molar-refractivity contribution in [2.24, 2.45) is 0 Å². The zero-order valence-corrected chi connectivity index (χ0v) is 18.1. The van der Waals surface area contributed by atoms with E-state index in [1.54, 1.807) is 36.4 Å². The van der Waals surface area contributed by atoms with Crippen LogP contribution in [0.4, 0.5) is 11.4 Å². The minimum absolute atomic E-state index is 0.222. The number of para-hydroxylation sites is 1. The van der Waals surface area contributed by atoms with Gasteiger partial charge in [-0.05, 0) is 57.2 Å². The zero-order valence-electron chi connectivity index (χ0n) is 18.1. The van der Waals surface area contributed by atoms with Crippen LogP contribution < -0.4 is 20.3 Å². The van der Waals surface area contributed by atoms with Crippen LogP contribution >= 0.6 is 0 Å². The van der Waals surface area contributed by atoms with Crippen LogP contribution in [0.2, 0.25) is 0 Å². The maximum Gasteiger partial charge on any atom is 0.325 e. The molecular weight excluding hydrogens is 398 g/mol. The van der Waals surface area contributed by atoms with Crippen LogP contribution in [-0.4, -0.2) is 50.1 Å². The van der Waals surface area contributed by atoms with E-state index in [0.29, 0.717) is 17.5 Å². The average molecular weight is 428 g/mol. The number of benzene rings is 2. The maximum atomic E-state index is 12.0. The summed E-state index contributed by atoms with van der Waals surface area (Å²) in [7, 11) is 0. The van der Waals surface area contributed by atoms with Gasteiger partial charge in [0.25, 0.3) is 11.8 Å². The van der Waals surface area contributed by atoms with Gasteiger partial charge in [0.2, 0.25) is 0 Å². The van der Waals surface area contributed by atoms with Gasteiger partial charge in [-0.3, -0.25) is 14.4 Å². The summed E-state index contributed by atoms with van der Waals surface area (Å²) in [5, 5.41) is 5.05. The minimum atomic E-state index is -0.714. The number of esters is 1. The third-order valence-electron chi connectivity index (χ3n) is 4.35. The second kappa shape index (κ2) is 12.2. The van der Waals surface area contributed by atoms with E-state index in [1.807, 2.05) is 18.2 Å². The van der Waals surface area contributed by atoms with Gasteiger partial charge in [-0.15, -0.1) is 0 Å². The van der Waals surface area contributed by atoms with E-state index >= 15 is 0 Å². The molecule has 0 bridgehead atoms. The Bertz CT molecular complexity index is 853. The molecule has 2 rings (SSSR count). The molecule has 31 heavy (non-hydrogen) atoms. The second-order valence-electron chi connectivity index (χ2n) is 7.01. The lowest BCUT2D eigenvalue weighted by atomic mass is 10.2. The summed E-state index contributed by atoms with van der Waals surface area (Å²) < 4.78 is 10.2. The largest absolute Gasteiger partial charge is 0.484 e. The highest BCUT2D eigenvalue weighted by molar-refractivity contribution is 5.93. The van der Waals surface area contributed by atoms with Crippen molar-refractivity contribution in [2.45, 2.75) is 26.8 Å². The molecule has 0 aliphatic rings. The van der Waals surface area contributed by atoms with E-state index in [-0.39, 0.29) is 13.2 Å². The fourth-order valence-corrected chi connectivity index (χ4v) is 2.86. The number of hydrogen-bond donors (Lipinski definition) is 2. The normalized spacial score (nSPS) is 10.3. The van der Waals surface area contributed by atoms with Gasteiger partial charge in [-0.1, -0.05) is 18.2 Å². The van der Waals surface area contributed by atoms with Crippen molar-refractivity contribution in [2.75, 3.05) is 36.5 Å². The van der Waals surface area contributed by atoms with Crippen molar-refractivity contribution in [1.82, 2.24) is 5.32 Å². The number of amides is 2. The molecule has 0 aromatic heterocycles. The van der Waals surface area contributed by atoms with Crippen molar-refractivity contribution in [3.63, 3.8) is 0 Å². The van der Waals surface area contributed by atoms with Crippen LogP contribution in [0, 0.1) is 0 Å². The van der Waals surface area contributed by atoms with Crippen molar-refractivity contribution in [1.29, 1.82) is 0 Å². The Balaban J connectivity index is 1.67. The minimum Gasteiger partial charge on any atom is -0.484 e. The standard InChI is InChI=1S/C23H29N3O5/c1-4-26(17(2)3)19-12-10-18(11-13-19)25-22(28)16-31-23(29)14-24-21(27)15-30-20-8-6-5-7-9-20/h5-13,17H,4,14-16H2,1-3H3,(H,24,27)(H,25,28). The summed E-state index contributed by atoms with van der Waals surface area (Å²) >= 11 is 0. The van der Waals surface area contributed by atoms with Gasteiger partial charge in [0.1, 0.15) is 12.3 Å². The topological polar surface area (TPSA) is 97.0 Å². The number of hydrogen-bond acceptors (Lipinski definition) is 6. The highest BCUT2D eigenvalue weighted by atomic mass is 16.5. The van der Waals surface area contributed by atoms with E-state index in [9.17, 15) is 14.4 Å². The van der Waals surface area contributed by atoms with Gasteiger partial charge in [0.05, 0.1) is 0 Å². The summed E-state index contributed by atoms with van der Waals surface area (Å²) in [6.07, 6.45) is 0. The van der Waals surface area contributed by atoms with Crippen LogP contribution in [0.1, 0.15) is 20.8 Å².